The Labute approximate surface area is 117 Å². The summed E-state index contributed by atoms with van der Waals surface area (Å²) in [5, 5.41) is 10.5. The summed E-state index contributed by atoms with van der Waals surface area (Å²) >= 11 is 0. The summed E-state index contributed by atoms with van der Waals surface area (Å²) in [4.78, 5) is 23.9. The molecule has 0 spiro atoms. The maximum Gasteiger partial charge on any atom is 0.356 e. The third-order valence-corrected chi connectivity index (χ3v) is 3.11. The van der Waals surface area contributed by atoms with Gasteiger partial charge in [-0.3, -0.25) is 4.79 Å². The number of halogens is 1. The third-order valence-electron chi connectivity index (χ3n) is 3.11. The van der Waals surface area contributed by atoms with Crippen LogP contribution in [0, 0.1) is 0 Å². The number of aromatic hydroxyl groups is 1. The summed E-state index contributed by atoms with van der Waals surface area (Å²) in [5.41, 5.74) is 1.02. The first-order chi connectivity index (χ1) is 10.1. The van der Waals surface area contributed by atoms with E-state index in [9.17, 15) is 19.2 Å². The predicted molar refractivity (Wildman–Crippen MR) is 70.8 cm³/mol. The number of ketones is 1. The van der Waals surface area contributed by atoms with Gasteiger partial charge in [-0.1, -0.05) is 22.7 Å². The minimum Gasteiger partial charge on any atom is -0.494 e. The zero-order valence-corrected chi connectivity index (χ0v) is 10.5. The molecule has 0 unspecified atom stereocenters. The number of carbonyl (C=O) groups is 2. The Balaban J connectivity index is 2.31. The smallest absolute Gasteiger partial charge is 0.356 e. The zero-order chi connectivity index (χ0) is 15.0. The number of carbonyl (C=O) groups excluding carboxylic acids is 2. The Bertz CT molecular complexity index is 836. The summed E-state index contributed by atoms with van der Waals surface area (Å²) in [6, 6.07) is 8.04. The Morgan fingerprint density at radius 2 is 1.95 bits per heavy atom. The highest BCUT2D eigenvalue weighted by atomic mass is 19.2. The monoisotopic (exact) mass is 288 g/mol. The fraction of sp³-hybridized carbons (Fsp3) is 0. The van der Waals surface area contributed by atoms with Gasteiger partial charge in [0.05, 0.1) is 17.3 Å². The molecule has 21 heavy (non-hydrogen) atoms. The van der Waals surface area contributed by atoms with Crippen molar-refractivity contribution in [2.45, 2.75) is 0 Å². The van der Waals surface area contributed by atoms with Crippen LogP contribution in [0.3, 0.4) is 0 Å². The van der Waals surface area contributed by atoms with E-state index in [-0.39, 0.29) is 16.8 Å². The Morgan fingerprint density at radius 1 is 1.19 bits per heavy atom. The van der Waals surface area contributed by atoms with Gasteiger partial charge in [-0.2, -0.15) is 5.54 Å². The molecule has 0 bridgehead atoms. The van der Waals surface area contributed by atoms with Crippen LogP contribution in [0.4, 0.5) is 9.28 Å². The molecule has 3 aromatic rings. The number of hydrogen-bond acceptors (Lipinski definition) is 4. The van der Waals surface area contributed by atoms with Crippen LogP contribution in [-0.2, 0) is 0 Å². The van der Waals surface area contributed by atoms with E-state index in [1.807, 2.05) is 0 Å². The van der Waals surface area contributed by atoms with Gasteiger partial charge in [0.2, 0.25) is 11.7 Å². The molecule has 2 heterocycles. The van der Waals surface area contributed by atoms with Crippen LogP contribution in [-0.4, -0.2) is 21.5 Å². The van der Waals surface area contributed by atoms with Crippen molar-refractivity contribution in [3.63, 3.8) is 0 Å². The Morgan fingerprint density at radius 3 is 2.62 bits per heavy atom. The van der Waals surface area contributed by atoms with Crippen molar-refractivity contribution in [1.29, 1.82) is 0 Å². The molecule has 1 amide bonds. The van der Waals surface area contributed by atoms with E-state index in [4.69, 9.17) is 4.42 Å². The van der Waals surface area contributed by atoms with Gasteiger partial charge >= 0.3 is 6.03 Å². The summed E-state index contributed by atoms with van der Waals surface area (Å²) in [5.74, 6) is -1.24. The first-order valence-corrected chi connectivity index (χ1v) is 5.96. The van der Waals surface area contributed by atoms with Gasteiger partial charge in [-0.05, 0) is 18.2 Å². The Kier molecular flexibility index (Phi) is 2.94. The normalized spacial score (nSPS) is 10.7. The maximum atomic E-state index is 12.4. The molecule has 1 aromatic carbocycles. The molecule has 0 fully saturated rings. The average Bonchev–Trinajstić information content (AvgIpc) is 3.11. The highest BCUT2D eigenvalue weighted by Crippen LogP contribution is 2.33. The van der Waals surface area contributed by atoms with E-state index < -0.39 is 17.7 Å². The summed E-state index contributed by atoms with van der Waals surface area (Å²) < 4.78 is 18.1. The van der Waals surface area contributed by atoms with Crippen molar-refractivity contribution in [2.75, 3.05) is 0 Å². The number of furan rings is 1. The van der Waals surface area contributed by atoms with Crippen LogP contribution < -0.4 is 5.54 Å². The number of nitrogens with one attached hydrogen (secondary N) is 1. The molecule has 0 atom stereocenters. The average molecular weight is 288 g/mol. The molecule has 0 saturated carbocycles. The van der Waals surface area contributed by atoms with Crippen LogP contribution in [0.1, 0.15) is 16.1 Å². The summed E-state index contributed by atoms with van der Waals surface area (Å²) in [7, 11) is 0. The quantitative estimate of drug-likeness (QED) is 0.560. The van der Waals surface area contributed by atoms with Crippen molar-refractivity contribution in [1.82, 2.24) is 10.1 Å². The van der Waals surface area contributed by atoms with E-state index in [0.717, 1.165) is 5.54 Å². The molecular formula is C14H9FN2O4. The van der Waals surface area contributed by atoms with Crippen LogP contribution >= 0.6 is 0 Å². The second-order valence-electron chi connectivity index (χ2n) is 4.26. The minimum atomic E-state index is -1.19. The molecule has 0 aliphatic carbocycles. The van der Waals surface area contributed by atoms with Crippen molar-refractivity contribution in [3.8, 4) is 5.88 Å². The van der Waals surface area contributed by atoms with Gasteiger partial charge in [0, 0.05) is 5.39 Å². The van der Waals surface area contributed by atoms with Crippen LogP contribution in [0.25, 0.3) is 10.9 Å². The van der Waals surface area contributed by atoms with Gasteiger partial charge in [-0.25, -0.2) is 9.36 Å². The van der Waals surface area contributed by atoms with Crippen molar-refractivity contribution in [2.24, 2.45) is 0 Å². The first-order valence-electron chi connectivity index (χ1n) is 5.96. The second kappa shape index (κ2) is 4.78. The predicted octanol–water partition coefficient (Wildman–Crippen LogP) is 2.61. The standard InChI is InChI=1S/C14H9FN2O4/c15-16-14(20)17-9-5-2-1-4-8(9)11(13(17)19)12(18)10-6-3-7-21-10/h1-7,19H,(H,16,20). The SMILES string of the molecule is O=C(c1ccco1)c1c(O)n(C(=O)NF)c2ccccc12. The molecule has 7 heteroatoms. The topological polar surface area (TPSA) is 84.5 Å². The molecule has 2 aromatic heterocycles. The molecule has 106 valence electrons. The lowest BCUT2D eigenvalue weighted by Crippen LogP contribution is -2.20. The molecule has 2 N–H and O–H groups in total. The molecule has 6 nitrogen and oxygen atoms in total. The second-order valence-corrected chi connectivity index (χ2v) is 4.26. The summed E-state index contributed by atoms with van der Waals surface area (Å²) in [6.45, 7) is 0. The fourth-order valence-corrected chi connectivity index (χ4v) is 2.23. The first kappa shape index (κ1) is 12.9. The van der Waals surface area contributed by atoms with Gasteiger partial charge in [0.15, 0.2) is 5.76 Å². The number of para-hydroxylation sites is 1. The highest BCUT2D eigenvalue weighted by molar-refractivity contribution is 6.18. The minimum absolute atomic E-state index is 0.00820. The number of hydrogen-bond donors (Lipinski definition) is 2. The van der Waals surface area contributed by atoms with E-state index in [2.05, 4.69) is 0 Å². The lowest BCUT2D eigenvalue weighted by Gasteiger charge is -2.02. The van der Waals surface area contributed by atoms with Crippen LogP contribution in [0.2, 0.25) is 0 Å². The lowest BCUT2D eigenvalue weighted by atomic mass is 10.1. The number of benzene rings is 1. The van der Waals surface area contributed by atoms with E-state index >= 15 is 0 Å². The van der Waals surface area contributed by atoms with E-state index in [1.54, 1.807) is 18.2 Å². The van der Waals surface area contributed by atoms with Crippen LogP contribution in [0.15, 0.2) is 47.1 Å². The van der Waals surface area contributed by atoms with Crippen molar-refractivity contribution in [3.05, 3.63) is 54.0 Å². The molecule has 0 radical (unpaired) electrons. The van der Waals surface area contributed by atoms with Gasteiger partial charge in [0.1, 0.15) is 0 Å². The molecular weight excluding hydrogens is 279 g/mol. The lowest BCUT2D eigenvalue weighted by molar-refractivity contribution is 0.101. The highest BCUT2D eigenvalue weighted by Gasteiger charge is 2.27. The van der Waals surface area contributed by atoms with Crippen molar-refractivity contribution >= 4 is 22.7 Å². The number of nitrogens with zero attached hydrogens (tertiary/aromatic N) is 1. The summed E-state index contributed by atoms with van der Waals surface area (Å²) in [6.07, 6.45) is 1.32. The zero-order valence-electron chi connectivity index (χ0n) is 10.5. The third kappa shape index (κ3) is 1.86. The van der Waals surface area contributed by atoms with E-state index in [0.29, 0.717) is 9.95 Å². The largest absolute Gasteiger partial charge is 0.494 e. The van der Waals surface area contributed by atoms with Crippen molar-refractivity contribution < 1.29 is 23.6 Å². The molecule has 0 saturated heterocycles. The van der Waals surface area contributed by atoms with Gasteiger partial charge in [0.25, 0.3) is 0 Å². The Hall–Kier alpha value is -3.09. The molecule has 3 rings (SSSR count). The number of fused-ring (bicyclic) bond motifs is 1. The number of amides is 1. The van der Waals surface area contributed by atoms with Gasteiger partial charge < -0.3 is 9.52 Å². The van der Waals surface area contributed by atoms with Crippen LogP contribution in [0.5, 0.6) is 5.88 Å². The molecule has 0 aliphatic rings. The fourth-order valence-electron chi connectivity index (χ4n) is 2.23. The molecule has 0 aliphatic heterocycles. The maximum absolute atomic E-state index is 12.4. The number of rotatable bonds is 2. The number of aromatic nitrogens is 1. The van der Waals surface area contributed by atoms with Gasteiger partial charge in [-0.15, -0.1) is 0 Å². The van der Waals surface area contributed by atoms with E-state index in [1.165, 1.54) is 24.5 Å².